The summed E-state index contributed by atoms with van der Waals surface area (Å²) in [6.07, 6.45) is -4.97. The molecule has 7 nitrogen and oxygen atoms in total. The summed E-state index contributed by atoms with van der Waals surface area (Å²) in [6.45, 7) is 0. The fourth-order valence-corrected chi connectivity index (χ4v) is 3.79. The van der Waals surface area contributed by atoms with Crippen LogP contribution in [0.4, 0.5) is 18.9 Å². The van der Waals surface area contributed by atoms with E-state index in [1.165, 1.54) is 12.1 Å². The highest BCUT2D eigenvalue weighted by atomic mass is 35.5. The molecule has 1 aliphatic heterocycles. The highest BCUT2D eigenvalue weighted by molar-refractivity contribution is 6.41. The van der Waals surface area contributed by atoms with Crippen molar-refractivity contribution in [3.8, 4) is 11.5 Å². The second-order valence-corrected chi connectivity index (χ2v) is 6.46. The molecule has 1 aliphatic carbocycles. The number of ether oxygens (including phenoxy) is 2. The molecular weight excluding hydrogens is 395 g/mol. The summed E-state index contributed by atoms with van der Waals surface area (Å²) in [7, 11) is 0. The Labute approximate surface area is 153 Å². The van der Waals surface area contributed by atoms with Gasteiger partial charge in [0.25, 0.3) is 11.5 Å². The number of hydrogen-bond acceptors (Lipinski definition) is 6. The molecule has 0 radical (unpaired) electrons. The minimum Gasteiger partial charge on any atom is -0.454 e. The average Bonchev–Trinajstić information content (AvgIpc) is 2.89. The molecule has 2 unspecified atom stereocenters. The maximum Gasteiger partial charge on any atom is 0.573 e. The van der Waals surface area contributed by atoms with Crippen LogP contribution in [-0.2, 0) is 10.7 Å². The van der Waals surface area contributed by atoms with E-state index in [9.17, 15) is 33.2 Å². The number of Topliss-reactive ketones (excluding diaryl/α,β-unsaturated/α-hetero) is 1. The van der Waals surface area contributed by atoms with Crippen LogP contribution in [-0.4, -0.2) is 22.2 Å². The molecular formula is C16H7ClF3NO6. The predicted octanol–water partition coefficient (Wildman–Crippen LogP) is 3.36. The predicted molar refractivity (Wildman–Crippen MR) is 82.6 cm³/mol. The van der Waals surface area contributed by atoms with Gasteiger partial charge in [-0.15, -0.1) is 13.2 Å². The third-order valence-corrected chi connectivity index (χ3v) is 5.05. The first-order chi connectivity index (χ1) is 12.5. The topological polar surface area (TPSA) is 98.9 Å². The smallest absolute Gasteiger partial charge is 0.454 e. The SMILES string of the molecule is O=C1c2cccc([N+](=O)[O-])c2C2(O)Oc3cc(OC(F)(F)F)ccc3C12Cl. The van der Waals surface area contributed by atoms with E-state index in [4.69, 9.17) is 16.3 Å². The van der Waals surface area contributed by atoms with E-state index in [2.05, 4.69) is 4.74 Å². The number of fused-ring (bicyclic) bond motifs is 5. The Balaban J connectivity index is 1.91. The maximum atomic E-state index is 12.9. The van der Waals surface area contributed by atoms with Crippen LogP contribution in [0.1, 0.15) is 21.5 Å². The number of rotatable bonds is 2. The summed E-state index contributed by atoms with van der Waals surface area (Å²) in [4.78, 5) is 21.1. The van der Waals surface area contributed by atoms with Crippen molar-refractivity contribution in [1.29, 1.82) is 0 Å². The van der Waals surface area contributed by atoms with Gasteiger partial charge in [-0.3, -0.25) is 14.9 Å². The largest absolute Gasteiger partial charge is 0.573 e. The van der Waals surface area contributed by atoms with Crippen molar-refractivity contribution < 1.29 is 37.5 Å². The Bertz CT molecular complexity index is 1030. The molecule has 27 heavy (non-hydrogen) atoms. The van der Waals surface area contributed by atoms with Crippen LogP contribution in [0.3, 0.4) is 0 Å². The molecule has 140 valence electrons. The Morgan fingerprint density at radius 1 is 1.26 bits per heavy atom. The number of ketones is 1. The van der Waals surface area contributed by atoms with E-state index in [1.807, 2.05) is 0 Å². The van der Waals surface area contributed by atoms with Crippen molar-refractivity contribution in [3.63, 3.8) is 0 Å². The molecule has 0 saturated heterocycles. The Hall–Kier alpha value is -2.85. The second kappa shape index (κ2) is 5.11. The van der Waals surface area contributed by atoms with E-state index in [1.54, 1.807) is 0 Å². The molecule has 0 fully saturated rings. The fourth-order valence-electron chi connectivity index (χ4n) is 3.40. The molecule has 2 aliphatic rings. The zero-order chi connectivity index (χ0) is 19.8. The minimum atomic E-state index is -4.97. The molecule has 0 amide bonds. The van der Waals surface area contributed by atoms with Crippen LogP contribution >= 0.6 is 11.6 Å². The van der Waals surface area contributed by atoms with E-state index in [0.29, 0.717) is 0 Å². The van der Waals surface area contributed by atoms with Crippen LogP contribution in [0, 0.1) is 10.1 Å². The van der Waals surface area contributed by atoms with Gasteiger partial charge in [0.15, 0.2) is 5.78 Å². The lowest BCUT2D eigenvalue weighted by Crippen LogP contribution is -2.44. The number of nitro groups is 1. The first-order valence-corrected chi connectivity index (χ1v) is 7.70. The van der Waals surface area contributed by atoms with E-state index >= 15 is 0 Å². The van der Waals surface area contributed by atoms with Crippen LogP contribution in [0.25, 0.3) is 0 Å². The highest BCUT2D eigenvalue weighted by Gasteiger charge is 2.72. The molecule has 1 N–H and O–H groups in total. The van der Waals surface area contributed by atoms with Gasteiger partial charge in [-0.1, -0.05) is 23.7 Å². The highest BCUT2D eigenvalue weighted by Crippen LogP contribution is 2.63. The lowest BCUT2D eigenvalue weighted by atomic mass is 9.91. The first-order valence-electron chi connectivity index (χ1n) is 7.32. The maximum absolute atomic E-state index is 12.9. The van der Waals surface area contributed by atoms with Gasteiger partial charge in [0.05, 0.1) is 4.92 Å². The van der Waals surface area contributed by atoms with E-state index < -0.39 is 44.7 Å². The standard InChI is InChI=1S/C16H7ClF3NO6/c17-14-9-5-4-7(26-16(18,19)20)6-11(9)27-15(14,23)12-8(13(14)22)2-1-3-10(12)21(24)25/h1-6,23H. The Morgan fingerprint density at radius 2 is 1.96 bits per heavy atom. The van der Waals surface area contributed by atoms with Gasteiger partial charge in [0.2, 0.25) is 4.87 Å². The second-order valence-electron chi connectivity index (χ2n) is 5.90. The molecule has 0 spiro atoms. The number of nitro benzene ring substituents is 1. The van der Waals surface area contributed by atoms with Gasteiger partial charge in [0, 0.05) is 23.3 Å². The molecule has 11 heteroatoms. The third kappa shape index (κ3) is 2.17. The fraction of sp³-hybridized carbons (Fsp3) is 0.188. The summed E-state index contributed by atoms with van der Waals surface area (Å²) < 4.78 is 46.3. The number of hydrogen-bond donors (Lipinski definition) is 1. The van der Waals surface area contributed by atoms with Crippen LogP contribution in [0.15, 0.2) is 36.4 Å². The molecule has 4 rings (SSSR count). The molecule has 2 aromatic rings. The minimum absolute atomic E-state index is 0.128. The van der Waals surface area contributed by atoms with Crippen molar-refractivity contribution in [2.45, 2.75) is 17.0 Å². The van der Waals surface area contributed by atoms with Crippen molar-refractivity contribution in [2.24, 2.45) is 0 Å². The Kier molecular flexibility index (Phi) is 3.32. The summed E-state index contributed by atoms with van der Waals surface area (Å²) in [6, 6.07) is 6.28. The summed E-state index contributed by atoms with van der Waals surface area (Å²) >= 11 is 6.41. The Morgan fingerprint density at radius 3 is 2.59 bits per heavy atom. The third-order valence-electron chi connectivity index (χ3n) is 4.42. The first kappa shape index (κ1) is 17.6. The molecule has 1 heterocycles. The quantitative estimate of drug-likeness (QED) is 0.470. The number of halogens is 4. The van der Waals surface area contributed by atoms with Crippen molar-refractivity contribution in [2.75, 3.05) is 0 Å². The van der Waals surface area contributed by atoms with Gasteiger partial charge in [0.1, 0.15) is 17.1 Å². The molecule has 0 aromatic heterocycles. The van der Waals surface area contributed by atoms with E-state index in [-0.39, 0.29) is 16.9 Å². The summed E-state index contributed by atoms with van der Waals surface area (Å²) in [5.41, 5.74) is -1.39. The van der Waals surface area contributed by atoms with Gasteiger partial charge in [-0.2, -0.15) is 0 Å². The van der Waals surface area contributed by atoms with Gasteiger partial charge in [-0.05, 0) is 12.1 Å². The van der Waals surface area contributed by atoms with Crippen LogP contribution in [0.2, 0.25) is 0 Å². The van der Waals surface area contributed by atoms with Crippen molar-refractivity contribution in [3.05, 3.63) is 63.2 Å². The summed E-state index contributed by atoms with van der Waals surface area (Å²) in [5, 5.41) is 22.4. The average molecular weight is 402 g/mol. The number of nitrogens with zero attached hydrogens (tertiary/aromatic N) is 1. The zero-order valence-electron chi connectivity index (χ0n) is 12.9. The molecule has 0 saturated carbocycles. The number of benzene rings is 2. The molecule has 2 atom stereocenters. The number of alkyl halides is 4. The van der Waals surface area contributed by atoms with Crippen molar-refractivity contribution in [1.82, 2.24) is 0 Å². The van der Waals surface area contributed by atoms with Gasteiger partial charge >= 0.3 is 6.36 Å². The monoisotopic (exact) mass is 401 g/mol. The normalized spacial score (nSPS) is 25.4. The lowest BCUT2D eigenvalue weighted by Gasteiger charge is -2.27. The molecule has 2 aromatic carbocycles. The van der Waals surface area contributed by atoms with Gasteiger partial charge < -0.3 is 14.6 Å². The van der Waals surface area contributed by atoms with Gasteiger partial charge in [-0.25, -0.2) is 0 Å². The van der Waals surface area contributed by atoms with Crippen molar-refractivity contribution >= 4 is 23.1 Å². The number of carbonyl (C=O) groups is 1. The summed E-state index contributed by atoms with van der Waals surface area (Å²) in [5.74, 6) is -4.55. The number of carbonyl (C=O) groups excluding carboxylic acids is 1. The zero-order valence-corrected chi connectivity index (χ0v) is 13.7. The van der Waals surface area contributed by atoms with Crippen LogP contribution < -0.4 is 9.47 Å². The number of aliphatic hydroxyl groups is 1. The van der Waals surface area contributed by atoms with Crippen LogP contribution in [0.5, 0.6) is 11.5 Å². The lowest BCUT2D eigenvalue weighted by molar-refractivity contribution is -0.387. The molecule has 0 bridgehead atoms. The van der Waals surface area contributed by atoms with E-state index in [0.717, 1.165) is 24.3 Å².